The SMILES string of the molecule is CC(=O)NC1[C@H](OC(C)(C)C)OC(COS(=O)(=O)O)[C@@H](O[C@@H]2OC(C(=O)O)[C@@H](O[C@@H]3OC(COS(=O)(=O)O)[C@@H](O[C@@H](C=O)OC(C(=O)O)[C@@H](O)C=O)[C@H](O)C3NS(C)(=O)=O)[C@H](O)C2OS(C)(=O)=O)[C@@H]1O. The maximum absolute atomic E-state index is 12.9. The van der Waals surface area contributed by atoms with E-state index in [-0.39, 0.29) is 12.6 Å². The summed E-state index contributed by atoms with van der Waals surface area (Å²) in [6.07, 6.45) is -38.6. The Morgan fingerprint density at radius 2 is 1.23 bits per heavy atom. The molecule has 1 amide bonds. The van der Waals surface area contributed by atoms with Gasteiger partial charge in [0.15, 0.2) is 49.8 Å². The van der Waals surface area contributed by atoms with E-state index >= 15 is 0 Å². The second-order valence-corrected chi connectivity index (χ2v) is 21.8. The van der Waals surface area contributed by atoms with Crippen LogP contribution in [0.25, 0.3) is 0 Å². The molecule has 0 spiro atoms. The van der Waals surface area contributed by atoms with Gasteiger partial charge in [-0.25, -0.2) is 31.1 Å². The highest BCUT2D eigenvalue weighted by atomic mass is 32.3. The van der Waals surface area contributed by atoms with Gasteiger partial charge in [-0.1, -0.05) is 0 Å². The van der Waals surface area contributed by atoms with Crippen molar-refractivity contribution in [1.82, 2.24) is 10.0 Å². The van der Waals surface area contributed by atoms with Crippen LogP contribution in [-0.2, 0) is 115 Å². The lowest BCUT2D eigenvalue weighted by molar-refractivity contribution is -0.364. The van der Waals surface area contributed by atoms with E-state index in [1.165, 1.54) is 20.8 Å². The molecule has 0 aromatic heterocycles. The van der Waals surface area contributed by atoms with E-state index in [0.29, 0.717) is 12.5 Å². The highest BCUT2D eigenvalue weighted by Crippen LogP contribution is 2.36. The molecule has 3 rings (SSSR count). The van der Waals surface area contributed by atoms with Crippen molar-refractivity contribution < 1.29 is 148 Å². The van der Waals surface area contributed by atoms with E-state index in [4.69, 9.17) is 42.1 Å². The molecule has 0 saturated carbocycles. The Hall–Kier alpha value is -3.17. The molecule has 70 heavy (non-hydrogen) atoms. The average Bonchev–Trinajstić information content (AvgIpc) is 3.19. The lowest BCUT2D eigenvalue weighted by Gasteiger charge is -2.49. The Labute approximate surface area is 397 Å². The van der Waals surface area contributed by atoms with Crippen LogP contribution in [0, 0.1) is 0 Å². The van der Waals surface area contributed by atoms with Gasteiger partial charge in [0.25, 0.3) is 10.1 Å². The minimum atomic E-state index is -5.49. The molecule has 0 bridgehead atoms. The number of sulfonamides is 1. The Bertz CT molecular complexity index is 2290. The zero-order chi connectivity index (χ0) is 53.6. The zero-order valence-corrected chi connectivity index (χ0v) is 40.2. The first-order chi connectivity index (χ1) is 31.8. The third-order valence-corrected chi connectivity index (χ3v) is 11.4. The molecule has 18 atom stereocenters. The maximum Gasteiger partial charge on any atom is 0.397 e. The minimum Gasteiger partial charge on any atom is -0.479 e. The number of carboxylic acid groups (broad SMARTS) is 2. The number of aldehydes is 2. The van der Waals surface area contributed by atoms with Crippen molar-refractivity contribution >= 4 is 71.4 Å². The van der Waals surface area contributed by atoms with Crippen LogP contribution < -0.4 is 10.0 Å². The van der Waals surface area contributed by atoms with Gasteiger partial charge in [0.2, 0.25) is 22.2 Å². The van der Waals surface area contributed by atoms with Gasteiger partial charge < -0.3 is 78.6 Å². The van der Waals surface area contributed by atoms with Crippen molar-refractivity contribution in [2.24, 2.45) is 0 Å². The molecule has 3 aliphatic rings. The highest BCUT2D eigenvalue weighted by molar-refractivity contribution is 7.88. The number of aliphatic hydroxyl groups is 4. The quantitative estimate of drug-likeness (QED) is 0.0176. The fourth-order valence-electron chi connectivity index (χ4n) is 6.73. The summed E-state index contributed by atoms with van der Waals surface area (Å²) in [6.45, 7) is 2.69. The van der Waals surface area contributed by atoms with Gasteiger partial charge in [0.1, 0.15) is 67.0 Å². The van der Waals surface area contributed by atoms with E-state index in [1.807, 2.05) is 0 Å². The van der Waals surface area contributed by atoms with Crippen molar-refractivity contribution in [3.8, 4) is 0 Å². The zero-order valence-electron chi connectivity index (χ0n) is 37.0. The third kappa shape index (κ3) is 18.4. The highest BCUT2D eigenvalue weighted by Gasteiger charge is 2.58. The Balaban J connectivity index is 2.16. The lowest BCUT2D eigenvalue weighted by Crippen LogP contribution is -2.70. The summed E-state index contributed by atoms with van der Waals surface area (Å²) < 4.78 is 175. The van der Waals surface area contributed by atoms with E-state index < -0.39 is 188 Å². The summed E-state index contributed by atoms with van der Waals surface area (Å²) in [5.74, 6) is -5.05. The molecule has 10 N–H and O–H groups in total. The first kappa shape index (κ1) is 61.1. The number of rotatable bonds is 25. The van der Waals surface area contributed by atoms with Crippen LogP contribution >= 0.6 is 0 Å². The summed E-state index contributed by atoms with van der Waals surface area (Å²) in [6, 6.07) is -4.07. The number of ether oxygens (including phenoxy) is 8. The molecule has 0 radical (unpaired) electrons. The minimum absolute atomic E-state index is 0.334. The molecule has 0 aromatic carbocycles. The number of amides is 1. The topological polar surface area (TPSA) is 509 Å². The lowest BCUT2D eigenvalue weighted by atomic mass is 9.94. The summed E-state index contributed by atoms with van der Waals surface area (Å²) in [7, 11) is -20.3. The molecule has 0 aromatic rings. The first-order valence-corrected chi connectivity index (χ1v) is 26.0. The average molecular weight is 1110 g/mol. The van der Waals surface area contributed by atoms with Gasteiger partial charge in [0.05, 0.1) is 31.3 Å². The van der Waals surface area contributed by atoms with E-state index in [2.05, 4.69) is 13.7 Å². The fourth-order valence-corrected chi connectivity index (χ4v) is 8.69. The molecule has 0 aliphatic carbocycles. The number of aliphatic hydroxyl groups excluding tert-OH is 4. The molecule has 34 nitrogen and oxygen atoms in total. The maximum atomic E-state index is 12.9. The standard InChI is InChI=1S/C32H52N2O32S4/c1-11(37)33-16-18(39)23(14(10-57-70(53,54)55)59-30(16)65-32(2,3)4)62-31-25(66-68(6,48)49)20(41)24(26(64-31)28(44)45)63-29-17(34-67(5,46)47)19(40)22(13(58-29)9-56-69(50,51)52)61-15(8-36)60-21(27(42)43)12(38)7-35/h7-8,12-26,29-31,34,38-41H,9-10H2,1-6H3,(H,33,37)(H,42,43)(H,44,45)(H,50,51,52)(H,53,54,55)/t12-,13?,14?,15-,16?,17?,18+,19+,20-,21?,22+,23+,24-,25?,26?,29-,30-,31+/m0/s1. The van der Waals surface area contributed by atoms with Crippen LogP contribution in [-0.4, -0.2) is 246 Å². The van der Waals surface area contributed by atoms with Crippen molar-refractivity contribution in [3.63, 3.8) is 0 Å². The van der Waals surface area contributed by atoms with Crippen LogP contribution in [0.15, 0.2) is 0 Å². The Morgan fingerprint density at radius 3 is 1.67 bits per heavy atom. The molecular formula is C32H52N2O32S4. The van der Waals surface area contributed by atoms with Crippen LogP contribution in [0.3, 0.4) is 0 Å². The van der Waals surface area contributed by atoms with Gasteiger partial charge in [-0.05, 0) is 20.8 Å². The molecule has 3 heterocycles. The van der Waals surface area contributed by atoms with E-state index in [9.17, 15) is 97.4 Å². The molecule has 3 saturated heterocycles. The molecule has 3 fully saturated rings. The van der Waals surface area contributed by atoms with Gasteiger partial charge >= 0.3 is 32.7 Å². The normalized spacial score (nSPS) is 33.9. The van der Waals surface area contributed by atoms with Crippen LogP contribution in [0.5, 0.6) is 0 Å². The summed E-state index contributed by atoms with van der Waals surface area (Å²) in [5.41, 5.74) is -1.14. The number of hydrogen-bond donors (Lipinski definition) is 10. The van der Waals surface area contributed by atoms with Crippen LogP contribution in [0.4, 0.5) is 0 Å². The fraction of sp³-hybridized carbons (Fsp3) is 0.844. The van der Waals surface area contributed by atoms with Crippen LogP contribution in [0.2, 0.25) is 0 Å². The summed E-state index contributed by atoms with van der Waals surface area (Å²) >= 11 is 0. The van der Waals surface area contributed by atoms with E-state index in [1.54, 1.807) is 4.72 Å². The molecule has 3 aliphatic heterocycles. The van der Waals surface area contributed by atoms with Crippen molar-refractivity contribution in [1.29, 1.82) is 0 Å². The van der Waals surface area contributed by atoms with Gasteiger partial charge in [-0.2, -0.15) is 25.3 Å². The van der Waals surface area contributed by atoms with Crippen molar-refractivity contribution in [2.75, 3.05) is 25.7 Å². The largest absolute Gasteiger partial charge is 0.479 e. The second kappa shape index (κ2) is 24.2. The molecule has 7 unspecified atom stereocenters. The van der Waals surface area contributed by atoms with E-state index in [0.717, 1.165) is 6.92 Å². The number of hydrogen-bond acceptors (Lipinski definition) is 28. The molecule has 406 valence electrons. The second-order valence-electron chi connectivity index (χ2n) is 16.2. The number of nitrogens with one attached hydrogen (secondary N) is 2. The number of carbonyl (C=O) groups is 5. The summed E-state index contributed by atoms with van der Waals surface area (Å²) in [4.78, 5) is 59.9. The predicted octanol–water partition coefficient (Wildman–Crippen LogP) is -7.74. The molecular weight excluding hydrogens is 1050 g/mol. The van der Waals surface area contributed by atoms with Crippen molar-refractivity contribution in [2.45, 2.75) is 144 Å². The monoisotopic (exact) mass is 1100 g/mol. The van der Waals surface area contributed by atoms with Gasteiger partial charge in [0, 0.05) is 6.92 Å². The van der Waals surface area contributed by atoms with Gasteiger partial charge in [-0.3, -0.25) is 22.9 Å². The summed E-state index contributed by atoms with van der Waals surface area (Å²) in [5, 5.41) is 66.8. The predicted molar refractivity (Wildman–Crippen MR) is 216 cm³/mol. The van der Waals surface area contributed by atoms with Gasteiger partial charge in [-0.15, -0.1) is 0 Å². The number of carboxylic acids is 2. The number of aliphatic carboxylic acids is 2. The third-order valence-electron chi connectivity index (χ3n) is 9.31. The Morgan fingerprint density at radius 1 is 0.714 bits per heavy atom. The number of carbonyl (C=O) groups excluding carboxylic acids is 3. The molecule has 38 heteroatoms. The van der Waals surface area contributed by atoms with Crippen LogP contribution in [0.1, 0.15) is 27.7 Å². The smallest absolute Gasteiger partial charge is 0.397 e. The Kier molecular flexibility index (Phi) is 21.2. The van der Waals surface area contributed by atoms with Crippen molar-refractivity contribution in [3.05, 3.63) is 0 Å². The first-order valence-electron chi connectivity index (χ1n) is 19.6.